The molecule has 7 heteroatoms. The molecular formula is C15H12Cl2N2O2S. The molecule has 3 aromatic rings. The average molecular weight is 355 g/mol. The number of nitrogens with one attached hydrogen (secondary N) is 1. The predicted molar refractivity (Wildman–Crippen MR) is 92.1 cm³/mol. The van der Waals surface area contributed by atoms with Gasteiger partial charge in [0.25, 0.3) is 0 Å². The quantitative estimate of drug-likeness (QED) is 0.681. The Morgan fingerprint density at radius 3 is 2.68 bits per heavy atom. The van der Waals surface area contributed by atoms with Crippen LogP contribution in [0.1, 0.15) is 5.56 Å². The third kappa shape index (κ3) is 2.84. The average Bonchev–Trinajstić information content (AvgIpc) is 2.75. The van der Waals surface area contributed by atoms with Gasteiger partial charge in [0.2, 0.25) is 0 Å². The van der Waals surface area contributed by atoms with Gasteiger partial charge in [-0.25, -0.2) is 4.79 Å². The number of aryl methyl sites for hydroxylation is 2. The number of benzene rings is 2. The van der Waals surface area contributed by atoms with E-state index in [9.17, 15) is 4.79 Å². The fourth-order valence-electron chi connectivity index (χ4n) is 2.04. The number of fused-ring (bicyclic) bond motifs is 1. The van der Waals surface area contributed by atoms with Gasteiger partial charge in [-0.1, -0.05) is 23.2 Å². The molecular weight excluding hydrogens is 343 g/mol. The highest BCUT2D eigenvalue weighted by Crippen LogP contribution is 2.31. The van der Waals surface area contributed by atoms with E-state index in [0.717, 1.165) is 21.7 Å². The first kappa shape index (κ1) is 15.3. The minimum Gasteiger partial charge on any atom is -0.408 e. The van der Waals surface area contributed by atoms with Crippen molar-refractivity contribution in [1.29, 1.82) is 0 Å². The van der Waals surface area contributed by atoms with Gasteiger partial charge in [-0.2, -0.15) is 0 Å². The highest BCUT2D eigenvalue weighted by Gasteiger charge is 2.10. The first-order chi connectivity index (χ1) is 10.5. The maximum absolute atomic E-state index is 11.6. The number of aromatic nitrogens is 1. The van der Waals surface area contributed by atoms with Crippen molar-refractivity contribution in [3.05, 3.63) is 56.5 Å². The molecule has 1 aromatic heterocycles. The highest BCUT2D eigenvalue weighted by molar-refractivity contribution is 8.00. The molecule has 0 unspecified atom stereocenters. The lowest BCUT2D eigenvalue weighted by molar-refractivity contribution is 0.528. The number of rotatable bonds is 3. The molecule has 22 heavy (non-hydrogen) atoms. The summed E-state index contributed by atoms with van der Waals surface area (Å²) in [5.41, 5.74) is 3.21. The molecule has 0 saturated carbocycles. The van der Waals surface area contributed by atoms with Gasteiger partial charge in [0.15, 0.2) is 5.58 Å². The minimum absolute atomic E-state index is 0.367. The van der Waals surface area contributed by atoms with Crippen molar-refractivity contribution in [2.75, 3.05) is 4.72 Å². The molecule has 2 aromatic carbocycles. The van der Waals surface area contributed by atoms with Crippen molar-refractivity contribution in [2.45, 2.75) is 11.8 Å². The van der Waals surface area contributed by atoms with Crippen molar-refractivity contribution in [1.82, 2.24) is 4.57 Å². The first-order valence-electron chi connectivity index (χ1n) is 6.44. The van der Waals surface area contributed by atoms with Crippen LogP contribution in [0, 0.1) is 6.92 Å². The van der Waals surface area contributed by atoms with Crippen molar-refractivity contribution >= 4 is 51.9 Å². The van der Waals surface area contributed by atoms with E-state index in [0.29, 0.717) is 15.6 Å². The highest BCUT2D eigenvalue weighted by atomic mass is 35.5. The van der Waals surface area contributed by atoms with Gasteiger partial charge < -0.3 is 9.14 Å². The van der Waals surface area contributed by atoms with E-state index < -0.39 is 0 Å². The van der Waals surface area contributed by atoms with E-state index in [-0.39, 0.29) is 5.76 Å². The zero-order valence-electron chi connectivity index (χ0n) is 11.8. The Balaban J connectivity index is 1.90. The molecule has 0 saturated heterocycles. The van der Waals surface area contributed by atoms with Crippen LogP contribution in [0.2, 0.25) is 10.0 Å². The van der Waals surface area contributed by atoms with E-state index in [1.165, 1.54) is 16.5 Å². The summed E-state index contributed by atoms with van der Waals surface area (Å²) in [7, 11) is 1.68. The summed E-state index contributed by atoms with van der Waals surface area (Å²) in [6.45, 7) is 1.96. The molecule has 0 amide bonds. The van der Waals surface area contributed by atoms with Crippen molar-refractivity contribution < 1.29 is 4.42 Å². The summed E-state index contributed by atoms with van der Waals surface area (Å²) in [5.74, 6) is -0.367. The van der Waals surface area contributed by atoms with E-state index in [4.69, 9.17) is 27.6 Å². The topological polar surface area (TPSA) is 47.2 Å². The molecule has 0 atom stereocenters. The van der Waals surface area contributed by atoms with Crippen LogP contribution in [0.15, 0.2) is 44.4 Å². The lowest BCUT2D eigenvalue weighted by Crippen LogP contribution is -2.08. The normalized spacial score (nSPS) is 11.1. The van der Waals surface area contributed by atoms with Gasteiger partial charge in [-0.15, -0.1) is 0 Å². The van der Waals surface area contributed by atoms with Crippen LogP contribution in [0.3, 0.4) is 0 Å². The molecule has 4 nitrogen and oxygen atoms in total. The van der Waals surface area contributed by atoms with Crippen LogP contribution in [0.25, 0.3) is 11.1 Å². The number of hydrogen-bond donors (Lipinski definition) is 1. The summed E-state index contributed by atoms with van der Waals surface area (Å²) in [6.07, 6.45) is 0. The molecule has 0 aliphatic heterocycles. The summed E-state index contributed by atoms with van der Waals surface area (Å²) >= 11 is 13.3. The van der Waals surface area contributed by atoms with Gasteiger partial charge in [0, 0.05) is 17.6 Å². The number of oxazole rings is 1. The second-order valence-corrected chi connectivity index (χ2v) is 6.51. The van der Waals surface area contributed by atoms with Crippen molar-refractivity contribution in [3.63, 3.8) is 0 Å². The lowest BCUT2D eigenvalue weighted by Gasteiger charge is -2.09. The van der Waals surface area contributed by atoms with E-state index in [2.05, 4.69) is 4.72 Å². The molecule has 1 N–H and O–H groups in total. The summed E-state index contributed by atoms with van der Waals surface area (Å²) in [4.78, 5) is 12.6. The zero-order valence-corrected chi connectivity index (χ0v) is 14.1. The maximum atomic E-state index is 11.6. The van der Waals surface area contributed by atoms with E-state index in [1.54, 1.807) is 19.2 Å². The van der Waals surface area contributed by atoms with Gasteiger partial charge in [-0.05, 0) is 54.8 Å². The van der Waals surface area contributed by atoms with E-state index >= 15 is 0 Å². The second kappa shape index (κ2) is 5.91. The molecule has 0 bridgehead atoms. The van der Waals surface area contributed by atoms with Gasteiger partial charge in [0.05, 0.1) is 15.6 Å². The van der Waals surface area contributed by atoms with Crippen molar-refractivity contribution in [2.24, 2.45) is 7.05 Å². The molecule has 3 rings (SSSR count). The molecule has 114 valence electrons. The van der Waals surface area contributed by atoms with Gasteiger partial charge in [-0.3, -0.25) is 4.57 Å². The molecule has 0 fully saturated rings. The third-order valence-corrected chi connectivity index (χ3v) is 5.02. The van der Waals surface area contributed by atoms with Crippen LogP contribution in [0.5, 0.6) is 0 Å². The zero-order chi connectivity index (χ0) is 15.9. The Labute approximate surface area is 141 Å². The number of halogens is 2. The Morgan fingerprint density at radius 1 is 1.18 bits per heavy atom. The van der Waals surface area contributed by atoms with Crippen molar-refractivity contribution in [3.8, 4) is 0 Å². The Kier molecular flexibility index (Phi) is 4.12. The number of nitrogens with zero attached hydrogens (tertiary/aromatic N) is 1. The Hall–Kier alpha value is -1.56. The fraction of sp³-hybridized carbons (Fsp3) is 0.133. The molecule has 0 aliphatic rings. The molecule has 0 aliphatic carbocycles. The van der Waals surface area contributed by atoms with Crippen LogP contribution in [-0.4, -0.2) is 4.57 Å². The summed E-state index contributed by atoms with van der Waals surface area (Å²) < 4.78 is 9.87. The van der Waals surface area contributed by atoms with E-state index in [1.807, 2.05) is 25.1 Å². The molecule has 1 heterocycles. The van der Waals surface area contributed by atoms with Crippen LogP contribution in [-0.2, 0) is 7.05 Å². The summed E-state index contributed by atoms with van der Waals surface area (Å²) in [6, 6.07) is 9.13. The van der Waals surface area contributed by atoms with Crippen LogP contribution >= 0.6 is 35.1 Å². The predicted octanol–water partition coefficient (Wildman–Crippen LogP) is 4.87. The maximum Gasteiger partial charge on any atom is 0.419 e. The Morgan fingerprint density at radius 2 is 1.95 bits per heavy atom. The standard InChI is InChI=1S/C15H12Cl2N2O2S/c1-8-5-13-12(19(2)15(20)21-13)7-14(8)22-18-9-3-4-10(16)11(17)6-9/h3-7,18H,1-2H3. The first-order valence-corrected chi connectivity index (χ1v) is 8.01. The monoisotopic (exact) mass is 354 g/mol. The largest absolute Gasteiger partial charge is 0.419 e. The fourth-order valence-corrected chi connectivity index (χ4v) is 3.08. The molecule has 0 radical (unpaired) electrons. The third-order valence-electron chi connectivity index (χ3n) is 3.29. The Bertz CT molecular complexity index is 918. The minimum atomic E-state index is -0.367. The SMILES string of the molecule is Cc1cc2oc(=O)n(C)c2cc1SNc1ccc(Cl)c(Cl)c1. The van der Waals surface area contributed by atoms with Crippen LogP contribution < -0.4 is 10.5 Å². The number of hydrogen-bond acceptors (Lipinski definition) is 4. The summed E-state index contributed by atoms with van der Waals surface area (Å²) in [5, 5.41) is 1.01. The number of anilines is 1. The van der Waals surface area contributed by atoms with Crippen LogP contribution in [0.4, 0.5) is 5.69 Å². The van der Waals surface area contributed by atoms with Gasteiger partial charge >= 0.3 is 5.76 Å². The van der Waals surface area contributed by atoms with Gasteiger partial charge in [0.1, 0.15) is 0 Å². The smallest absolute Gasteiger partial charge is 0.408 e. The lowest BCUT2D eigenvalue weighted by atomic mass is 10.2. The second-order valence-electron chi connectivity index (χ2n) is 4.85. The molecule has 0 spiro atoms.